The highest BCUT2D eigenvalue weighted by molar-refractivity contribution is 8.77. The van der Waals surface area contributed by atoms with Crippen molar-refractivity contribution in [2.24, 2.45) is 5.73 Å². The van der Waals surface area contributed by atoms with Crippen LogP contribution < -0.4 is 16.0 Å². The molecule has 1 aromatic carbocycles. The Hall–Kier alpha value is -2.69. The summed E-state index contributed by atoms with van der Waals surface area (Å²) in [7, 11) is 3.63. The molecule has 8 nitrogen and oxygen atoms in total. The number of nitrogens with two attached hydrogens (primary N) is 1. The summed E-state index contributed by atoms with van der Waals surface area (Å²) >= 11 is 0. The Morgan fingerprint density at radius 3 is 2.74 bits per heavy atom. The van der Waals surface area contributed by atoms with Gasteiger partial charge in [0.25, 0.3) is 5.56 Å². The van der Waals surface area contributed by atoms with Gasteiger partial charge in [-0.2, -0.15) is 0 Å². The zero-order valence-corrected chi connectivity index (χ0v) is 24.0. The zero-order chi connectivity index (χ0) is 27.4. The summed E-state index contributed by atoms with van der Waals surface area (Å²) in [6, 6.07) is 7.44. The first-order valence-corrected chi connectivity index (χ1v) is 15.2. The maximum absolute atomic E-state index is 13.2. The van der Waals surface area contributed by atoms with Crippen LogP contribution in [0.3, 0.4) is 0 Å². The third kappa shape index (κ3) is 5.97. The van der Waals surface area contributed by atoms with Crippen LogP contribution in [-0.2, 0) is 29.1 Å². The second-order valence-electron chi connectivity index (χ2n) is 9.82. The van der Waals surface area contributed by atoms with Gasteiger partial charge in [-0.25, -0.2) is 4.98 Å². The maximum atomic E-state index is 13.2. The van der Waals surface area contributed by atoms with Crippen LogP contribution in [0.15, 0.2) is 29.1 Å². The lowest BCUT2D eigenvalue weighted by Crippen LogP contribution is -2.25. The SMILES string of the molecule is CCC(=O)OCc1c(O)cc2n(c1=O)Cc1c-2nc2ccc(OCCCSSC(C)(C)CN)cc2c1CC. The van der Waals surface area contributed by atoms with Crippen molar-refractivity contribution in [1.29, 1.82) is 0 Å². The first-order chi connectivity index (χ1) is 18.2. The number of carbonyl (C=O) groups excluding carboxylic acids is 1. The Labute approximate surface area is 230 Å². The Morgan fingerprint density at radius 2 is 2.03 bits per heavy atom. The molecule has 0 saturated carbocycles. The van der Waals surface area contributed by atoms with Crippen LogP contribution in [0, 0.1) is 0 Å². The summed E-state index contributed by atoms with van der Waals surface area (Å²) in [6.07, 6.45) is 1.88. The van der Waals surface area contributed by atoms with E-state index in [0.29, 0.717) is 31.1 Å². The van der Waals surface area contributed by atoms with Crippen LogP contribution in [-0.4, -0.2) is 44.3 Å². The maximum Gasteiger partial charge on any atom is 0.305 e. The molecule has 0 radical (unpaired) electrons. The molecule has 0 unspecified atom stereocenters. The van der Waals surface area contributed by atoms with Gasteiger partial charge in [0, 0.05) is 40.5 Å². The molecule has 2 aromatic heterocycles. The van der Waals surface area contributed by atoms with Crippen molar-refractivity contribution in [2.45, 2.75) is 64.9 Å². The van der Waals surface area contributed by atoms with Gasteiger partial charge in [0.15, 0.2) is 0 Å². The average molecular weight is 558 g/mol. The van der Waals surface area contributed by atoms with Gasteiger partial charge in [0.05, 0.1) is 35.6 Å². The fourth-order valence-corrected chi connectivity index (χ4v) is 6.82. The number of fused-ring (bicyclic) bond motifs is 4. The Morgan fingerprint density at radius 1 is 1.24 bits per heavy atom. The van der Waals surface area contributed by atoms with Gasteiger partial charge in [-0.05, 0) is 50.5 Å². The highest BCUT2D eigenvalue weighted by Gasteiger charge is 2.28. The van der Waals surface area contributed by atoms with E-state index in [-0.39, 0.29) is 34.6 Å². The van der Waals surface area contributed by atoms with Crippen LogP contribution in [0.25, 0.3) is 22.3 Å². The summed E-state index contributed by atoms with van der Waals surface area (Å²) in [5, 5.41) is 11.6. The minimum absolute atomic E-state index is 0.0701. The molecule has 0 bridgehead atoms. The molecule has 0 amide bonds. The highest BCUT2D eigenvalue weighted by Crippen LogP contribution is 2.38. The Kier molecular flexibility index (Phi) is 8.95. The molecular formula is C28H35N3O5S2. The smallest absolute Gasteiger partial charge is 0.305 e. The van der Waals surface area contributed by atoms with E-state index in [1.165, 1.54) is 0 Å². The van der Waals surface area contributed by atoms with Gasteiger partial charge < -0.3 is 24.9 Å². The topological polar surface area (TPSA) is 117 Å². The average Bonchev–Trinajstić information content (AvgIpc) is 3.26. The van der Waals surface area contributed by atoms with E-state index in [0.717, 1.165) is 46.4 Å². The van der Waals surface area contributed by atoms with Crippen molar-refractivity contribution in [1.82, 2.24) is 9.55 Å². The second kappa shape index (κ2) is 12.0. The van der Waals surface area contributed by atoms with E-state index in [1.54, 1.807) is 17.6 Å². The number of nitrogens with zero attached hydrogens (tertiary/aromatic N) is 2. The first kappa shape index (κ1) is 28.3. The number of esters is 1. The van der Waals surface area contributed by atoms with E-state index < -0.39 is 5.97 Å². The Balaban J connectivity index is 1.54. The minimum Gasteiger partial charge on any atom is -0.507 e. The van der Waals surface area contributed by atoms with E-state index in [4.69, 9.17) is 20.2 Å². The standard InChI is InChI=1S/C28H35N3O5S2/c1-5-18-19-12-17(35-10-7-11-37-38-28(3,4)16-29)8-9-22(19)30-26-20(18)14-31-23(26)13-24(32)21(27(31)34)15-36-25(33)6-2/h8-9,12-13,32H,5-7,10-11,14-16,29H2,1-4H3. The molecule has 0 fully saturated rings. The van der Waals surface area contributed by atoms with Gasteiger partial charge in [-0.3, -0.25) is 9.59 Å². The van der Waals surface area contributed by atoms with Gasteiger partial charge >= 0.3 is 5.97 Å². The van der Waals surface area contributed by atoms with Crippen LogP contribution in [0.4, 0.5) is 0 Å². The third-order valence-electron chi connectivity index (χ3n) is 6.55. The molecule has 0 spiro atoms. The van der Waals surface area contributed by atoms with Gasteiger partial charge in [0.2, 0.25) is 0 Å². The number of pyridine rings is 2. The molecule has 3 heterocycles. The largest absolute Gasteiger partial charge is 0.507 e. The number of hydrogen-bond acceptors (Lipinski definition) is 9. The van der Waals surface area contributed by atoms with Crippen LogP contribution >= 0.6 is 21.6 Å². The van der Waals surface area contributed by atoms with Crippen molar-refractivity contribution >= 4 is 38.5 Å². The molecule has 3 aromatic rings. The number of aryl methyl sites for hydroxylation is 1. The predicted molar refractivity (Wildman–Crippen MR) is 155 cm³/mol. The molecule has 1 aliphatic heterocycles. The van der Waals surface area contributed by atoms with Crippen molar-refractivity contribution in [2.75, 3.05) is 18.9 Å². The van der Waals surface area contributed by atoms with Crippen molar-refractivity contribution < 1.29 is 19.4 Å². The minimum atomic E-state index is -0.426. The van der Waals surface area contributed by atoms with E-state index in [9.17, 15) is 14.7 Å². The molecule has 0 atom stereocenters. The fourth-order valence-electron chi connectivity index (χ4n) is 4.34. The number of carbonyl (C=O) groups is 1. The molecule has 1 aliphatic rings. The van der Waals surface area contributed by atoms with Gasteiger partial charge in [0.1, 0.15) is 18.1 Å². The lowest BCUT2D eigenvalue weighted by atomic mass is 9.98. The number of aromatic nitrogens is 2. The molecule has 0 saturated heterocycles. The molecule has 38 heavy (non-hydrogen) atoms. The van der Waals surface area contributed by atoms with Crippen LogP contribution in [0.1, 0.15) is 57.2 Å². The molecule has 0 aliphatic carbocycles. The molecule has 204 valence electrons. The number of hydrogen-bond donors (Lipinski definition) is 2. The van der Waals surface area contributed by atoms with E-state index in [2.05, 4.69) is 20.8 Å². The van der Waals surface area contributed by atoms with E-state index >= 15 is 0 Å². The van der Waals surface area contributed by atoms with Crippen molar-refractivity contribution in [3.05, 3.63) is 51.3 Å². The number of ether oxygens (including phenoxy) is 2. The number of aromatic hydroxyl groups is 1. The number of rotatable bonds is 12. The number of benzene rings is 1. The molecule has 3 N–H and O–H groups in total. The van der Waals surface area contributed by atoms with Gasteiger partial charge in [-0.15, -0.1) is 0 Å². The highest BCUT2D eigenvalue weighted by atomic mass is 33.1. The summed E-state index contributed by atoms with van der Waals surface area (Å²) in [6.45, 7) is 9.41. The van der Waals surface area contributed by atoms with Crippen LogP contribution in [0.5, 0.6) is 11.5 Å². The van der Waals surface area contributed by atoms with Gasteiger partial charge in [-0.1, -0.05) is 35.4 Å². The quantitative estimate of drug-likeness (QED) is 0.140. The first-order valence-electron chi connectivity index (χ1n) is 12.9. The monoisotopic (exact) mass is 557 g/mol. The summed E-state index contributed by atoms with van der Waals surface area (Å²) in [4.78, 5) is 29.7. The molecular weight excluding hydrogens is 522 g/mol. The van der Waals surface area contributed by atoms with Crippen molar-refractivity contribution in [3.63, 3.8) is 0 Å². The zero-order valence-electron chi connectivity index (χ0n) is 22.3. The lowest BCUT2D eigenvalue weighted by molar-refractivity contribution is -0.144. The van der Waals surface area contributed by atoms with Crippen molar-refractivity contribution in [3.8, 4) is 22.9 Å². The van der Waals surface area contributed by atoms with E-state index in [1.807, 2.05) is 39.8 Å². The van der Waals surface area contributed by atoms with Crippen LogP contribution in [0.2, 0.25) is 0 Å². The fraction of sp³-hybridized carbons (Fsp3) is 0.464. The summed E-state index contributed by atoms with van der Waals surface area (Å²) < 4.78 is 12.8. The summed E-state index contributed by atoms with van der Waals surface area (Å²) in [5.41, 5.74) is 9.64. The Bertz CT molecular complexity index is 1400. The lowest BCUT2D eigenvalue weighted by Gasteiger charge is -2.20. The molecule has 10 heteroatoms. The third-order valence-corrected chi connectivity index (χ3v) is 9.95. The normalized spacial score (nSPS) is 12.4. The molecule has 4 rings (SSSR count). The summed E-state index contributed by atoms with van der Waals surface area (Å²) in [5.74, 6) is 1.16. The predicted octanol–water partition coefficient (Wildman–Crippen LogP) is 5.03. The second-order valence-corrected chi connectivity index (χ2v) is 12.9.